The fourth-order valence-electron chi connectivity index (χ4n) is 1.96. The largest absolute Gasteiger partial charge is 0.351 e. The van der Waals surface area contributed by atoms with Crippen molar-refractivity contribution >= 4 is 33.3 Å². The minimum absolute atomic E-state index is 0.109. The summed E-state index contributed by atoms with van der Waals surface area (Å²) in [7, 11) is 3.94. The number of hydrogen-bond donors (Lipinski definition) is 2. The number of aryl methyl sites for hydroxylation is 1. The van der Waals surface area contributed by atoms with Gasteiger partial charge in [0, 0.05) is 23.8 Å². The van der Waals surface area contributed by atoms with E-state index in [9.17, 15) is 4.79 Å². The number of halogens is 1. The molecule has 23 heavy (non-hydrogen) atoms. The van der Waals surface area contributed by atoms with Crippen LogP contribution in [0.2, 0.25) is 0 Å². The maximum Gasteiger partial charge on any atom is 0.252 e. The van der Waals surface area contributed by atoms with Crippen molar-refractivity contribution in [2.75, 3.05) is 32.5 Å². The Morgan fingerprint density at radius 3 is 2.65 bits per heavy atom. The van der Waals surface area contributed by atoms with Crippen LogP contribution in [-0.4, -0.2) is 43.0 Å². The molecule has 0 atom stereocenters. The Kier molecular flexibility index (Phi) is 6.12. The Morgan fingerprint density at radius 2 is 2.04 bits per heavy atom. The van der Waals surface area contributed by atoms with Crippen LogP contribution in [0.1, 0.15) is 15.9 Å². The Labute approximate surface area is 145 Å². The van der Waals surface area contributed by atoms with E-state index in [-0.39, 0.29) is 5.91 Å². The van der Waals surface area contributed by atoms with Gasteiger partial charge in [-0.1, -0.05) is 6.07 Å². The SMILES string of the molecule is Cc1ccc(Nc2ccc(C(=O)NCCN(C)C)cn2)c(Br)c1. The smallest absolute Gasteiger partial charge is 0.252 e. The second kappa shape index (κ2) is 8.08. The van der Waals surface area contributed by atoms with Crippen LogP contribution in [0.15, 0.2) is 41.0 Å². The number of rotatable bonds is 6. The first-order valence-electron chi connectivity index (χ1n) is 7.38. The molecule has 1 amide bonds. The molecule has 0 radical (unpaired) electrons. The molecular weight excluding hydrogens is 356 g/mol. The van der Waals surface area contributed by atoms with Crippen LogP contribution in [0, 0.1) is 6.92 Å². The van der Waals surface area contributed by atoms with Crippen molar-refractivity contribution in [2.24, 2.45) is 0 Å². The van der Waals surface area contributed by atoms with E-state index in [1.165, 1.54) is 5.56 Å². The van der Waals surface area contributed by atoms with Gasteiger partial charge in [-0.25, -0.2) is 4.98 Å². The van der Waals surface area contributed by atoms with E-state index in [0.29, 0.717) is 17.9 Å². The molecule has 0 unspecified atom stereocenters. The molecule has 1 heterocycles. The summed E-state index contributed by atoms with van der Waals surface area (Å²) >= 11 is 3.52. The summed E-state index contributed by atoms with van der Waals surface area (Å²) in [6.07, 6.45) is 1.58. The lowest BCUT2D eigenvalue weighted by Crippen LogP contribution is -2.31. The maximum atomic E-state index is 12.0. The average Bonchev–Trinajstić information content (AvgIpc) is 2.50. The highest BCUT2D eigenvalue weighted by Crippen LogP contribution is 2.26. The zero-order valence-electron chi connectivity index (χ0n) is 13.6. The number of benzene rings is 1. The van der Waals surface area contributed by atoms with Crippen LogP contribution in [0.5, 0.6) is 0 Å². The normalized spacial score (nSPS) is 10.7. The number of carbonyl (C=O) groups is 1. The molecule has 0 saturated heterocycles. The molecular formula is C17H21BrN4O. The van der Waals surface area contributed by atoms with Crippen LogP contribution < -0.4 is 10.6 Å². The highest BCUT2D eigenvalue weighted by atomic mass is 79.9. The molecule has 0 spiro atoms. The number of amides is 1. The number of anilines is 2. The standard InChI is InChI=1S/C17H21BrN4O/c1-12-4-6-15(14(18)10-12)21-16-7-5-13(11-20-16)17(23)19-8-9-22(2)3/h4-7,10-11H,8-9H2,1-3H3,(H,19,23)(H,20,21). The van der Waals surface area contributed by atoms with Gasteiger partial charge in [0.2, 0.25) is 0 Å². The van der Waals surface area contributed by atoms with Gasteiger partial charge >= 0.3 is 0 Å². The molecule has 2 rings (SSSR count). The van der Waals surface area contributed by atoms with Gasteiger partial charge in [-0.3, -0.25) is 4.79 Å². The zero-order valence-corrected chi connectivity index (χ0v) is 15.1. The predicted octanol–water partition coefficient (Wildman–Crippen LogP) is 3.19. The molecule has 0 aliphatic heterocycles. The van der Waals surface area contributed by atoms with E-state index in [4.69, 9.17) is 0 Å². The maximum absolute atomic E-state index is 12.0. The summed E-state index contributed by atoms with van der Waals surface area (Å²) in [6.45, 7) is 3.46. The summed E-state index contributed by atoms with van der Waals surface area (Å²) in [4.78, 5) is 18.3. The average molecular weight is 377 g/mol. The lowest BCUT2D eigenvalue weighted by Gasteiger charge is -2.11. The van der Waals surface area contributed by atoms with Crippen molar-refractivity contribution in [1.82, 2.24) is 15.2 Å². The Morgan fingerprint density at radius 1 is 1.26 bits per heavy atom. The predicted molar refractivity (Wildman–Crippen MR) is 97.3 cm³/mol. The highest BCUT2D eigenvalue weighted by Gasteiger charge is 2.07. The van der Waals surface area contributed by atoms with Gasteiger partial charge in [0.05, 0.1) is 11.3 Å². The van der Waals surface area contributed by atoms with Crippen molar-refractivity contribution < 1.29 is 4.79 Å². The van der Waals surface area contributed by atoms with Crippen LogP contribution in [0.4, 0.5) is 11.5 Å². The van der Waals surface area contributed by atoms with Crippen molar-refractivity contribution in [1.29, 1.82) is 0 Å². The van der Waals surface area contributed by atoms with Gasteiger partial charge in [0.1, 0.15) is 5.82 Å². The quantitative estimate of drug-likeness (QED) is 0.812. The number of likely N-dealkylation sites (N-methyl/N-ethyl adjacent to an activating group) is 1. The van der Waals surface area contributed by atoms with Crippen LogP contribution >= 0.6 is 15.9 Å². The summed E-state index contributed by atoms with van der Waals surface area (Å²) < 4.78 is 0.977. The van der Waals surface area contributed by atoms with E-state index < -0.39 is 0 Å². The second-order valence-electron chi connectivity index (χ2n) is 5.60. The lowest BCUT2D eigenvalue weighted by molar-refractivity contribution is 0.0950. The van der Waals surface area contributed by atoms with Crippen molar-refractivity contribution in [3.8, 4) is 0 Å². The van der Waals surface area contributed by atoms with Gasteiger partial charge in [0.15, 0.2) is 0 Å². The van der Waals surface area contributed by atoms with Crippen molar-refractivity contribution in [2.45, 2.75) is 6.92 Å². The molecule has 6 heteroatoms. The van der Waals surface area contributed by atoms with E-state index in [1.807, 2.05) is 44.1 Å². The number of hydrogen-bond acceptors (Lipinski definition) is 4. The number of carbonyl (C=O) groups excluding carboxylic acids is 1. The van der Waals surface area contributed by atoms with Gasteiger partial charge < -0.3 is 15.5 Å². The fourth-order valence-corrected chi connectivity index (χ4v) is 2.55. The molecule has 122 valence electrons. The number of aromatic nitrogens is 1. The second-order valence-corrected chi connectivity index (χ2v) is 6.45. The Hall–Kier alpha value is -1.92. The van der Waals surface area contributed by atoms with Crippen LogP contribution in [0.25, 0.3) is 0 Å². The van der Waals surface area contributed by atoms with E-state index >= 15 is 0 Å². The van der Waals surface area contributed by atoms with Gasteiger partial charge in [-0.2, -0.15) is 0 Å². The number of nitrogens with one attached hydrogen (secondary N) is 2. The first-order chi connectivity index (χ1) is 11.0. The molecule has 2 N–H and O–H groups in total. The third-order valence-electron chi connectivity index (χ3n) is 3.26. The molecule has 0 saturated carbocycles. The van der Waals surface area contributed by atoms with Crippen LogP contribution in [-0.2, 0) is 0 Å². The highest BCUT2D eigenvalue weighted by molar-refractivity contribution is 9.10. The van der Waals surface area contributed by atoms with Crippen LogP contribution in [0.3, 0.4) is 0 Å². The summed E-state index contributed by atoms with van der Waals surface area (Å²) in [5, 5.41) is 6.09. The molecule has 0 aliphatic carbocycles. The van der Waals surface area contributed by atoms with Gasteiger partial charge in [-0.05, 0) is 66.8 Å². The third-order valence-corrected chi connectivity index (χ3v) is 3.91. The monoisotopic (exact) mass is 376 g/mol. The first kappa shape index (κ1) is 17.4. The van der Waals surface area contributed by atoms with Crippen molar-refractivity contribution in [3.05, 3.63) is 52.1 Å². The minimum Gasteiger partial charge on any atom is -0.351 e. The third kappa shape index (κ3) is 5.33. The molecule has 0 fully saturated rings. The molecule has 0 bridgehead atoms. The van der Waals surface area contributed by atoms with E-state index in [2.05, 4.69) is 31.5 Å². The Balaban J connectivity index is 1.97. The van der Waals surface area contributed by atoms with Crippen molar-refractivity contribution in [3.63, 3.8) is 0 Å². The van der Waals surface area contributed by atoms with Gasteiger partial charge in [0.25, 0.3) is 5.91 Å². The lowest BCUT2D eigenvalue weighted by atomic mass is 10.2. The zero-order chi connectivity index (χ0) is 16.8. The summed E-state index contributed by atoms with van der Waals surface area (Å²) in [6, 6.07) is 9.62. The molecule has 0 aliphatic rings. The topological polar surface area (TPSA) is 57.3 Å². The summed E-state index contributed by atoms with van der Waals surface area (Å²) in [5.41, 5.74) is 2.67. The minimum atomic E-state index is -0.109. The fraction of sp³-hybridized carbons (Fsp3) is 0.294. The molecule has 1 aromatic heterocycles. The summed E-state index contributed by atoms with van der Waals surface area (Å²) in [5.74, 6) is 0.585. The molecule has 5 nitrogen and oxygen atoms in total. The first-order valence-corrected chi connectivity index (χ1v) is 8.17. The van der Waals surface area contributed by atoms with Gasteiger partial charge in [-0.15, -0.1) is 0 Å². The number of nitrogens with zero attached hydrogens (tertiary/aromatic N) is 2. The molecule has 2 aromatic rings. The van der Waals surface area contributed by atoms with E-state index in [0.717, 1.165) is 16.7 Å². The van der Waals surface area contributed by atoms with E-state index in [1.54, 1.807) is 18.3 Å². The molecule has 1 aromatic carbocycles. The number of pyridine rings is 1. The Bertz CT molecular complexity index is 671.